The third kappa shape index (κ3) is 5.69. The molecule has 5 nitrogen and oxygen atoms in total. The summed E-state index contributed by atoms with van der Waals surface area (Å²) in [5.74, 6) is 0. The molecular weight excluding hydrogens is 426 g/mol. The van der Waals surface area contributed by atoms with Crippen LogP contribution < -0.4 is 5.32 Å². The number of rotatable bonds is 6. The summed E-state index contributed by atoms with van der Waals surface area (Å²) in [6.45, 7) is 4.07. The molecule has 0 bridgehead atoms. The molecule has 1 saturated heterocycles. The number of thiocarbonyl (C=S) groups is 1. The average Bonchev–Trinajstić information content (AvgIpc) is 2.73. The molecule has 1 aliphatic heterocycles. The summed E-state index contributed by atoms with van der Waals surface area (Å²) in [5, 5.41) is 4.40. The zero-order valence-electron chi connectivity index (χ0n) is 16.5. The second-order valence-corrected chi connectivity index (χ2v) is 9.84. The molecule has 8 heteroatoms. The molecule has 0 atom stereocenters. The largest absolute Gasteiger partial charge is 0.346 e. The van der Waals surface area contributed by atoms with E-state index in [1.54, 1.807) is 24.3 Å². The van der Waals surface area contributed by atoms with Crippen molar-refractivity contribution < 1.29 is 8.42 Å². The van der Waals surface area contributed by atoms with Crippen LogP contribution >= 0.6 is 23.8 Å². The number of nitrogens with one attached hydrogen (secondary N) is 1. The maximum Gasteiger partial charge on any atom is 0.243 e. The van der Waals surface area contributed by atoms with Gasteiger partial charge in [-0.3, -0.25) is 0 Å². The molecule has 1 N–H and O–H groups in total. The van der Waals surface area contributed by atoms with Crippen molar-refractivity contribution in [1.82, 2.24) is 9.21 Å². The van der Waals surface area contributed by atoms with Crippen LogP contribution in [0.25, 0.3) is 0 Å². The predicted octanol–water partition coefficient (Wildman–Crippen LogP) is 4.39. The number of hydrogen-bond donors (Lipinski definition) is 1. The summed E-state index contributed by atoms with van der Waals surface area (Å²) in [6, 6.07) is 14.6. The molecule has 0 amide bonds. The summed E-state index contributed by atoms with van der Waals surface area (Å²) in [6.07, 6.45) is 3.46. The minimum Gasteiger partial charge on any atom is -0.346 e. The molecule has 1 heterocycles. The molecule has 0 spiro atoms. The Kier molecular flexibility index (Phi) is 7.51. The van der Waals surface area contributed by atoms with Gasteiger partial charge in [0.15, 0.2) is 5.11 Å². The van der Waals surface area contributed by atoms with Gasteiger partial charge >= 0.3 is 0 Å². The lowest BCUT2D eigenvalue weighted by Gasteiger charge is -2.35. The van der Waals surface area contributed by atoms with Crippen LogP contribution in [-0.4, -0.2) is 48.9 Å². The maximum atomic E-state index is 12.8. The molecular formula is C21H26ClN3O2S2. The third-order valence-electron chi connectivity index (χ3n) is 5.00. The van der Waals surface area contributed by atoms with Crippen LogP contribution in [0.1, 0.15) is 25.3 Å². The van der Waals surface area contributed by atoms with Crippen molar-refractivity contribution in [3.8, 4) is 0 Å². The Balaban J connectivity index is 1.54. The Morgan fingerprint density at radius 3 is 2.24 bits per heavy atom. The Morgan fingerprint density at radius 2 is 1.66 bits per heavy atom. The highest BCUT2D eigenvalue weighted by atomic mass is 35.5. The number of sulfonamides is 1. The van der Waals surface area contributed by atoms with Gasteiger partial charge in [0.25, 0.3) is 0 Å². The SMILES string of the molecule is CCCCc1ccc(NC(=S)N2CCN(S(=O)(=O)c3ccc(Cl)cc3)CC2)cc1. The highest BCUT2D eigenvalue weighted by Gasteiger charge is 2.29. The second-order valence-electron chi connectivity index (χ2n) is 7.08. The molecule has 2 aromatic rings. The zero-order valence-corrected chi connectivity index (χ0v) is 18.9. The van der Waals surface area contributed by atoms with Gasteiger partial charge in [-0.2, -0.15) is 4.31 Å². The van der Waals surface area contributed by atoms with Gasteiger partial charge in [-0.25, -0.2) is 8.42 Å². The van der Waals surface area contributed by atoms with Crippen LogP contribution in [0.3, 0.4) is 0 Å². The Bertz CT molecular complexity index is 923. The van der Waals surface area contributed by atoms with Gasteiger partial charge in [0, 0.05) is 36.9 Å². The Hall–Kier alpha value is -1.67. The fraction of sp³-hybridized carbons (Fsp3) is 0.381. The molecule has 2 aromatic carbocycles. The normalized spacial score (nSPS) is 15.3. The molecule has 3 rings (SSSR count). The molecule has 1 aliphatic rings. The van der Waals surface area contributed by atoms with Crippen molar-refractivity contribution in [3.63, 3.8) is 0 Å². The third-order valence-corrected chi connectivity index (χ3v) is 7.53. The molecule has 29 heavy (non-hydrogen) atoms. The number of halogens is 1. The first-order valence-electron chi connectivity index (χ1n) is 9.81. The number of nitrogens with zero attached hydrogens (tertiary/aromatic N) is 2. The van der Waals surface area contributed by atoms with Gasteiger partial charge in [0.2, 0.25) is 10.0 Å². The van der Waals surface area contributed by atoms with E-state index in [0.717, 1.165) is 12.1 Å². The Morgan fingerprint density at radius 1 is 1.03 bits per heavy atom. The molecule has 0 radical (unpaired) electrons. The maximum absolute atomic E-state index is 12.8. The van der Waals surface area contributed by atoms with Crippen molar-refractivity contribution in [2.45, 2.75) is 31.1 Å². The van der Waals surface area contributed by atoms with Gasteiger partial charge in [-0.05, 0) is 67.0 Å². The molecule has 0 aromatic heterocycles. The lowest BCUT2D eigenvalue weighted by molar-refractivity contribution is 0.268. The van der Waals surface area contributed by atoms with Gasteiger partial charge in [-0.15, -0.1) is 0 Å². The monoisotopic (exact) mass is 451 g/mol. The van der Waals surface area contributed by atoms with Crippen LogP contribution in [-0.2, 0) is 16.4 Å². The Labute approximate surface area is 183 Å². The van der Waals surface area contributed by atoms with Crippen molar-refractivity contribution >= 4 is 44.6 Å². The van der Waals surface area contributed by atoms with Crippen LogP contribution in [0.2, 0.25) is 5.02 Å². The van der Waals surface area contributed by atoms with E-state index in [4.69, 9.17) is 23.8 Å². The fourth-order valence-electron chi connectivity index (χ4n) is 3.23. The number of anilines is 1. The standard InChI is InChI=1S/C21H26ClN3O2S2/c1-2-3-4-17-5-9-19(10-6-17)23-21(28)24-13-15-25(16-14-24)29(26,27)20-11-7-18(22)8-12-20/h5-12H,2-4,13-16H2,1H3,(H,23,28). The summed E-state index contributed by atoms with van der Waals surface area (Å²) >= 11 is 11.4. The molecule has 0 saturated carbocycles. The van der Waals surface area contributed by atoms with Crippen LogP contribution in [0.5, 0.6) is 0 Å². The van der Waals surface area contributed by atoms with E-state index in [1.807, 2.05) is 17.0 Å². The van der Waals surface area contributed by atoms with E-state index in [1.165, 1.54) is 22.7 Å². The van der Waals surface area contributed by atoms with E-state index in [2.05, 4.69) is 24.4 Å². The lowest BCUT2D eigenvalue weighted by atomic mass is 10.1. The predicted molar refractivity (Wildman–Crippen MR) is 123 cm³/mol. The minimum absolute atomic E-state index is 0.263. The van der Waals surface area contributed by atoms with E-state index >= 15 is 0 Å². The lowest BCUT2D eigenvalue weighted by Crippen LogP contribution is -2.51. The molecule has 0 unspecified atom stereocenters. The van der Waals surface area contributed by atoms with Gasteiger partial charge in [0.1, 0.15) is 0 Å². The summed E-state index contributed by atoms with van der Waals surface area (Å²) in [7, 11) is -3.51. The van der Waals surface area contributed by atoms with Crippen molar-refractivity contribution in [1.29, 1.82) is 0 Å². The highest BCUT2D eigenvalue weighted by molar-refractivity contribution is 7.89. The number of unbranched alkanes of at least 4 members (excludes halogenated alkanes) is 1. The van der Waals surface area contributed by atoms with Crippen LogP contribution in [0, 0.1) is 0 Å². The van der Waals surface area contributed by atoms with Crippen molar-refractivity contribution in [3.05, 3.63) is 59.1 Å². The van der Waals surface area contributed by atoms with Crippen molar-refractivity contribution in [2.75, 3.05) is 31.5 Å². The van der Waals surface area contributed by atoms with Gasteiger partial charge in [0.05, 0.1) is 4.90 Å². The number of aryl methyl sites for hydroxylation is 1. The van der Waals surface area contributed by atoms with E-state index in [-0.39, 0.29) is 4.90 Å². The molecule has 0 aliphatic carbocycles. The fourth-order valence-corrected chi connectivity index (χ4v) is 5.07. The van der Waals surface area contributed by atoms with E-state index in [0.29, 0.717) is 36.3 Å². The number of hydrogen-bond acceptors (Lipinski definition) is 3. The number of benzene rings is 2. The van der Waals surface area contributed by atoms with E-state index in [9.17, 15) is 8.42 Å². The second kappa shape index (κ2) is 9.89. The number of piperazine rings is 1. The highest BCUT2D eigenvalue weighted by Crippen LogP contribution is 2.20. The molecule has 156 valence electrons. The smallest absolute Gasteiger partial charge is 0.243 e. The van der Waals surface area contributed by atoms with Gasteiger partial charge in [-0.1, -0.05) is 37.1 Å². The summed E-state index contributed by atoms with van der Waals surface area (Å²) in [5.41, 5.74) is 2.27. The van der Waals surface area contributed by atoms with E-state index < -0.39 is 10.0 Å². The molecule has 1 fully saturated rings. The first-order chi connectivity index (χ1) is 13.9. The van der Waals surface area contributed by atoms with Gasteiger partial charge < -0.3 is 10.2 Å². The van der Waals surface area contributed by atoms with Crippen LogP contribution in [0.4, 0.5) is 5.69 Å². The average molecular weight is 452 g/mol. The van der Waals surface area contributed by atoms with Crippen molar-refractivity contribution in [2.24, 2.45) is 0 Å². The van der Waals surface area contributed by atoms with Crippen LogP contribution in [0.15, 0.2) is 53.4 Å². The zero-order chi connectivity index (χ0) is 20.9. The quantitative estimate of drug-likeness (QED) is 0.660. The topological polar surface area (TPSA) is 52.6 Å². The summed E-state index contributed by atoms with van der Waals surface area (Å²) < 4.78 is 27.1. The first kappa shape index (κ1) is 22.0. The summed E-state index contributed by atoms with van der Waals surface area (Å²) in [4.78, 5) is 2.27. The minimum atomic E-state index is -3.51. The first-order valence-corrected chi connectivity index (χ1v) is 12.0.